The maximum Gasteiger partial charge on any atom is 0.325 e. The van der Waals surface area contributed by atoms with Gasteiger partial charge in [-0.05, 0) is 37.8 Å². The van der Waals surface area contributed by atoms with Gasteiger partial charge in [-0.3, -0.25) is 10.1 Å². The number of aryl methyl sites for hydroxylation is 2. The fourth-order valence-corrected chi connectivity index (χ4v) is 2.46. The molecule has 2 N–H and O–H groups in total. The van der Waals surface area contributed by atoms with Crippen LogP contribution in [0.15, 0.2) is 18.2 Å². The average molecular weight is 263 g/mol. The first-order valence-electron chi connectivity index (χ1n) is 6.73. The lowest BCUT2D eigenvalue weighted by Crippen LogP contribution is -2.34. The molecule has 1 aromatic rings. The lowest BCUT2D eigenvalue weighted by Gasteiger charge is -2.19. The van der Waals surface area contributed by atoms with Crippen LogP contribution in [0.3, 0.4) is 0 Å². The second-order valence-electron chi connectivity index (χ2n) is 5.17. The number of hydrogen-bond donors (Lipinski definition) is 2. The van der Waals surface area contributed by atoms with Crippen LogP contribution in [0.25, 0.3) is 0 Å². The predicted octanol–water partition coefficient (Wildman–Crippen LogP) is 2.20. The molecule has 1 aliphatic rings. The van der Waals surface area contributed by atoms with Crippen molar-refractivity contribution in [1.29, 1.82) is 0 Å². The van der Waals surface area contributed by atoms with Crippen molar-refractivity contribution in [3.8, 4) is 0 Å². The van der Waals surface area contributed by atoms with Crippen LogP contribution in [-0.2, 0) is 9.53 Å². The number of rotatable bonds is 5. The highest BCUT2D eigenvalue weighted by Crippen LogP contribution is 2.20. The van der Waals surface area contributed by atoms with E-state index < -0.39 is 12.0 Å². The lowest BCUT2D eigenvalue weighted by molar-refractivity contribution is -0.139. The van der Waals surface area contributed by atoms with Crippen LogP contribution in [0.1, 0.15) is 35.6 Å². The Balaban J connectivity index is 2.10. The molecule has 0 saturated carbocycles. The van der Waals surface area contributed by atoms with Crippen LogP contribution in [0.4, 0.5) is 0 Å². The van der Waals surface area contributed by atoms with Crippen LogP contribution in [0, 0.1) is 13.8 Å². The predicted molar refractivity (Wildman–Crippen MR) is 73.3 cm³/mol. The van der Waals surface area contributed by atoms with E-state index >= 15 is 0 Å². The molecule has 0 radical (unpaired) electrons. The van der Waals surface area contributed by atoms with E-state index in [1.165, 1.54) is 0 Å². The van der Waals surface area contributed by atoms with E-state index in [9.17, 15) is 9.90 Å². The molecule has 1 heterocycles. The summed E-state index contributed by atoms with van der Waals surface area (Å²) in [6.45, 7) is 5.29. The van der Waals surface area contributed by atoms with Crippen molar-refractivity contribution in [3.63, 3.8) is 0 Å². The van der Waals surface area contributed by atoms with E-state index in [-0.39, 0.29) is 6.10 Å². The summed E-state index contributed by atoms with van der Waals surface area (Å²) in [5.41, 5.74) is 2.91. The average Bonchev–Trinajstić information content (AvgIpc) is 2.86. The van der Waals surface area contributed by atoms with Gasteiger partial charge in [0.05, 0.1) is 6.10 Å². The summed E-state index contributed by atoms with van der Waals surface area (Å²) in [6, 6.07) is 5.24. The Labute approximate surface area is 113 Å². The maximum atomic E-state index is 11.5. The SMILES string of the molecule is Cc1ccc(C)c(C(NCC2CCCO2)C(=O)O)c1. The van der Waals surface area contributed by atoms with Gasteiger partial charge in [0, 0.05) is 13.2 Å². The molecule has 1 fully saturated rings. The van der Waals surface area contributed by atoms with E-state index in [0.717, 1.165) is 36.1 Å². The molecular formula is C15H21NO3. The highest BCUT2D eigenvalue weighted by molar-refractivity contribution is 5.76. The summed E-state index contributed by atoms with van der Waals surface area (Å²) >= 11 is 0. The third-order valence-electron chi connectivity index (χ3n) is 3.57. The number of hydrogen-bond acceptors (Lipinski definition) is 3. The first kappa shape index (κ1) is 14.0. The molecule has 19 heavy (non-hydrogen) atoms. The molecule has 4 nitrogen and oxygen atoms in total. The van der Waals surface area contributed by atoms with E-state index in [1.54, 1.807) is 0 Å². The van der Waals surface area contributed by atoms with Crippen LogP contribution in [-0.4, -0.2) is 30.3 Å². The molecule has 0 bridgehead atoms. The molecule has 2 rings (SSSR count). The molecule has 1 aliphatic heterocycles. The first-order valence-corrected chi connectivity index (χ1v) is 6.73. The molecule has 104 valence electrons. The van der Waals surface area contributed by atoms with Crippen molar-refractivity contribution in [2.45, 2.75) is 38.8 Å². The minimum atomic E-state index is -0.841. The van der Waals surface area contributed by atoms with Crippen molar-refractivity contribution >= 4 is 5.97 Å². The van der Waals surface area contributed by atoms with Crippen LogP contribution in [0.2, 0.25) is 0 Å². The van der Waals surface area contributed by atoms with Gasteiger partial charge in [-0.25, -0.2) is 0 Å². The van der Waals surface area contributed by atoms with Crippen LogP contribution >= 0.6 is 0 Å². The van der Waals surface area contributed by atoms with Crippen molar-refractivity contribution in [3.05, 3.63) is 34.9 Å². The summed E-state index contributed by atoms with van der Waals surface area (Å²) in [5.74, 6) is -0.841. The number of carboxylic acids is 1. The standard InChI is InChI=1S/C15H21NO3/c1-10-5-6-11(2)13(8-10)14(15(17)18)16-9-12-4-3-7-19-12/h5-6,8,12,14,16H,3-4,7,9H2,1-2H3,(H,17,18). The van der Waals surface area contributed by atoms with Gasteiger partial charge < -0.3 is 9.84 Å². The zero-order valence-corrected chi connectivity index (χ0v) is 11.5. The second kappa shape index (κ2) is 6.17. The van der Waals surface area contributed by atoms with Crippen molar-refractivity contribution in [1.82, 2.24) is 5.32 Å². The number of carboxylic acid groups (broad SMARTS) is 1. The topological polar surface area (TPSA) is 58.6 Å². The minimum absolute atomic E-state index is 0.145. The Morgan fingerprint density at radius 1 is 1.53 bits per heavy atom. The summed E-state index contributed by atoms with van der Waals surface area (Å²) in [6.07, 6.45) is 2.21. The quantitative estimate of drug-likeness (QED) is 0.855. The summed E-state index contributed by atoms with van der Waals surface area (Å²) in [4.78, 5) is 11.5. The van der Waals surface area contributed by atoms with E-state index in [4.69, 9.17) is 4.74 Å². The fourth-order valence-electron chi connectivity index (χ4n) is 2.46. The smallest absolute Gasteiger partial charge is 0.325 e. The highest BCUT2D eigenvalue weighted by Gasteiger charge is 2.24. The van der Waals surface area contributed by atoms with E-state index in [2.05, 4.69) is 5.32 Å². The largest absolute Gasteiger partial charge is 0.480 e. The van der Waals surface area contributed by atoms with Crippen molar-refractivity contribution in [2.75, 3.05) is 13.2 Å². The molecule has 0 aromatic heterocycles. The van der Waals surface area contributed by atoms with Gasteiger partial charge in [-0.2, -0.15) is 0 Å². The maximum absolute atomic E-state index is 11.5. The van der Waals surface area contributed by atoms with Gasteiger partial charge in [0.25, 0.3) is 0 Å². The number of aliphatic carboxylic acids is 1. The number of carbonyl (C=O) groups is 1. The number of nitrogens with one attached hydrogen (secondary N) is 1. The Kier molecular flexibility index (Phi) is 4.56. The van der Waals surface area contributed by atoms with E-state index in [1.807, 2.05) is 32.0 Å². The van der Waals surface area contributed by atoms with Gasteiger partial charge in [0.2, 0.25) is 0 Å². The molecule has 0 aliphatic carbocycles. The molecule has 0 amide bonds. The van der Waals surface area contributed by atoms with Gasteiger partial charge in [-0.1, -0.05) is 23.8 Å². The molecule has 1 aromatic carbocycles. The zero-order valence-electron chi connectivity index (χ0n) is 11.5. The summed E-state index contributed by atoms with van der Waals surface area (Å²) < 4.78 is 5.52. The molecule has 2 unspecified atom stereocenters. The van der Waals surface area contributed by atoms with E-state index in [0.29, 0.717) is 6.54 Å². The van der Waals surface area contributed by atoms with Gasteiger partial charge in [0.1, 0.15) is 6.04 Å². The number of benzene rings is 1. The third kappa shape index (κ3) is 3.55. The monoisotopic (exact) mass is 263 g/mol. The van der Waals surface area contributed by atoms with Crippen LogP contribution < -0.4 is 5.32 Å². The number of ether oxygens (including phenoxy) is 1. The Morgan fingerprint density at radius 3 is 2.95 bits per heavy atom. The van der Waals surface area contributed by atoms with Crippen molar-refractivity contribution < 1.29 is 14.6 Å². The molecule has 1 saturated heterocycles. The minimum Gasteiger partial charge on any atom is -0.480 e. The van der Waals surface area contributed by atoms with Gasteiger partial charge in [-0.15, -0.1) is 0 Å². The Hall–Kier alpha value is -1.39. The van der Waals surface area contributed by atoms with Gasteiger partial charge in [0.15, 0.2) is 0 Å². The van der Waals surface area contributed by atoms with Gasteiger partial charge >= 0.3 is 5.97 Å². The summed E-state index contributed by atoms with van der Waals surface area (Å²) in [5, 5.41) is 12.5. The normalized spacial score (nSPS) is 20.4. The van der Waals surface area contributed by atoms with Crippen molar-refractivity contribution in [2.24, 2.45) is 0 Å². The Bertz CT molecular complexity index is 453. The zero-order chi connectivity index (χ0) is 13.8. The fraction of sp³-hybridized carbons (Fsp3) is 0.533. The lowest BCUT2D eigenvalue weighted by atomic mass is 9.98. The third-order valence-corrected chi connectivity index (χ3v) is 3.57. The molecule has 2 atom stereocenters. The molecule has 0 spiro atoms. The Morgan fingerprint density at radius 2 is 2.32 bits per heavy atom. The summed E-state index contributed by atoms with van der Waals surface area (Å²) in [7, 11) is 0. The first-order chi connectivity index (χ1) is 9.08. The second-order valence-corrected chi connectivity index (χ2v) is 5.17. The molecular weight excluding hydrogens is 242 g/mol. The highest BCUT2D eigenvalue weighted by atomic mass is 16.5. The molecule has 4 heteroatoms. The van der Waals surface area contributed by atoms with Crippen LogP contribution in [0.5, 0.6) is 0 Å².